The predicted molar refractivity (Wildman–Crippen MR) is 105 cm³/mol. The number of hydrogen-bond donors (Lipinski definition) is 0. The summed E-state index contributed by atoms with van der Waals surface area (Å²) in [6, 6.07) is 10.8. The van der Waals surface area contributed by atoms with Crippen molar-refractivity contribution in [3.8, 4) is 5.88 Å². The van der Waals surface area contributed by atoms with Gasteiger partial charge in [-0.25, -0.2) is 4.98 Å². The zero-order chi connectivity index (χ0) is 20.0. The zero-order valence-corrected chi connectivity index (χ0v) is 16.6. The monoisotopic (exact) mass is 369 g/mol. The maximum atomic E-state index is 12.8. The van der Waals surface area contributed by atoms with E-state index in [1.54, 1.807) is 49.5 Å². The fourth-order valence-electron chi connectivity index (χ4n) is 2.56. The molecule has 1 aromatic carbocycles. The van der Waals surface area contributed by atoms with E-state index in [2.05, 4.69) is 4.98 Å². The predicted octanol–water partition coefficient (Wildman–Crippen LogP) is 3.23. The number of pyridine rings is 1. The zero-order valence-electron chi connectivity index (χ0n) is 16.6. The van der Waals surface area contributed by atoms with Crippen molar-refractivity contribution >= 4 is 11.8 Å². The molecule has 0 bridgehead atoms. The molecule has 6 nitrogen and oxygen atoms in total. The largest absolute Gasteiger partial charge is 0.475 e. The van der Waals surface area contributed by atoms with E-state index in [0.717, 1.165) is 5.56 Å². The molecule has 2 amide bonds. The number of carbonyl (C=O) groups excluding carboxylic acids is 2. The van der Waals surface area contributed by atoms with Gasteiger partial charge in [-0.2, -0.15) is 0 Å². The molecule has 0 atom stereocenters. The van der Waals surface area contributed by atoms with Crippen molar-refractivity contribution < 1.29 is 14.3 Å². The Kier molecular flexibility index (Phi) is 6.93. The van der Waals surface area contributed by atoms with Crippen LogP contribution in [0.4, 0.5) is 0 Å². The molecule has 2 aromatic rings. The van der Waals surface area contributed by atoms with E-state index in [-0.39, 0.29) is 17.9 Å². The van der Waals surface area contributed by atoms with E-state index < -0.39 is 0 Å². The normalized spacial score (nSPS) is 10.6. The maximum absolute atomic E-state index is 12.8. The smallest absolute Gasteiger partial charge is 0.255 e. The SMILES string of the molecule is CCN(Cc1ccc(C(=O)N(C)C)cc1)C(=O)c1ccc(OC(C)C)nc1. The minimum atomic E-state index is -0.0884. The highest BCUT2D eigenvalue weighted by Gasteiger charge is 2.16. The Bertz CT molecular complexity index is 768. The van der Waals surface area contributed by atoms with Gasteiger partial charge < -0.3 is 14.5 Å². The Morgan fingerprint density at radius 2 is 1.63 bits per heavy atom. The van der Waals surface area contributed by atoms with Crippen molar-refractivity contribution in [2.24, 2.45) is 0 Å². The quantitative estimate of drug-likeness (QED) is 0.752. The van der Waals surface area contributed by atoms with Gasteiger partial charge in [0.1, 0.15) is 0 Å². The first-order valence-electron chi connectivity index (χ1n) is 9.04. The molecule has 0 N–H and O–H groups in total. The third-order valence-corrected chi connectivity index (χ3v) is 3.99. The fraction of sp³-hybridized carbons (Fsp3) is 0.381. The van der Waals surface area contributed by atoms with Crippen LogP contribution in [0.1, 0.15) is 47.1 Å². The standard InChI is InChI=1S/C21H27N3O3/c1-6-24(14-16-7-9-17(10-8-16)20(25)23(4)5)21(26)18-11-12-19(22-13-18)27-15(2)3/h7-13,15H,6,14H2,1-5H3. The van der Waals surface area contributed by atoms with E-state index in [9.17, 15) is 9.59 Å². The molecule has 0 fully saturated rings. The van der Waals surface area contributed by atoms with Gasteiger partial charge in [0.2, 0.25) is 5.88 Å². The van der Waals surface area contributed by atoms with E-state index in [4.69, 9.17) is 4.74 Å². The molecule has 27 heavy (non-hydrogen) atoms. The average molecular weight is 369 g/mol. The number of ether oxygens (including phenoxy) is 1. The molecule has 0 unspecified atom stereocenters. The second kappa shape index (κ2) is 9.16. The molecule has 0 aliphatic heterocycles. The van der Waals surface area contributed by atoms with Crippen LogP contribution in [0.2, 0.25) is 0 Å². The third kappa shape index (κ3) is 5.54. The Balaban J connectivity index is 2.07. The van der Waals surface area contributed by atoms with Gasteiger partial charge in [0.25, 0.3) is 11.8 Å². The van der Waals surface area contributed by atoms with Gasteiger partial charge in [0, 0.05) is 45.0 Å². The van der Waals surface area contributed by atoms with Crippen molar-refractivity contribution in [2.45, 2.75) is 33.4 Å². The minimum absolute atomic E-state index is 0.0357. The molecular formula is C21H27N3O3. The summed E-state index contributed by atoms with van der Waals surface area (Å²) in [5, 5.41) is 0. The molecule has 1 aromatic heterocycles. The number of hydrogen-bond acceptors (Lipinski definition) is 4. The van der Waals surface area contributed by atoms with Crippen LogP contribution in [0.15, 0.2) is 42.6 Å². The van der Waals surface area contributed by atoms with E-state index in [1.807, 2.05) is 32.9 Å². The van der Waals surface area contributed by atoms with E-state index in [1.165, 1.54) is 4.90 Å². The topological polar surface area (TPSA) is 62.7 Å². The van der Waals surface area contributed by atoms with Crippen molar-refractivity contribution in [1.29, 1.82) is 0 Å². The molecule has 0 spiro atoms. The first kappa shape index (κ1) is 20.4. The Hall–Kier alpha value is -2.89. The second-order valence-electron chi connectivity index (χ2n) is 6.77. The van der Waals surface area contributed by atoms with Crippen molar-refractivity contribution in [3.63, 3.8) is 0 Å². The van der Waals surface area contributed by atoms with Crippen LogP contribution in [0.25, 0.3) is 0 Å². The lowest BCUT2D eigenvalue weighted by Gasteiger charge is -2.21. The van der Waals surface area contributed by atoms with Crippen molar-refractivity contribution in [3.05, 3.63) is 59.3 Å². The highest BCUT2D eigenvalue weighted by molar-refractivity contribution is 5.94. The van der Waals surface area contributed by atoms with Crippen LogP contribution in [0.3, 0.4) is 0 Å². The van der Waals surface area contributed by atoms with Gasteiger partial charge in [-0.1, -0.05) is 12.1 Å². The van der Waals surface area contributed by atoms with E-state index in [0.29, 0.717) is 30.1 Å². The summed E-state index contributed by atoms with van der Waals surface area (Å²) >= 11 is 0. The maximum Gasteiger partial charge on any atom is 0.255 e. The van der Waals surface area contributed by atoms with Crippen LogP contribution >= 0.6 is 0 Å². The number of aromatic nitrogens is 1. The highest BCUT2D eigenvalue weighted by Crippen LogP contribution is 2.14. The summed E-state index contributed by atoms with van der Waals surface area (Å²) in [6.07, 6.45) is 1.58. The lowest BCUT2D eigenvalue weighted by atomic mass is 10.1. The molecule has 6 heteroatoms. The van der Waals surface area contributed by atoms with Gasteiger partial charge >= 0.3 is 0 Å². The molecule has 0 radical (unpaired) electrons. The third-order valence-electron chi connectivity index (χ3n) is 3.99. The van der Waals surface area contributed by atoms with Crippen LogP contribution in [-0.4, -0.2) is 53.3 Å². The molecule has 2 rings (SSSR count). The van der Waals surface area contributed by atoms with Crippen molar-refractivity contribution in [2.75, 3.05) is 20.6 Å². The fourth-order valence-corrected chi connectivity index (χ4v) is 2.56. The van der Waals surface area contributed by atoms with Crippen molar-refractivity contribution in [1.82, 2.24) is 14.8 Å². The average Bonchev–Trinajstić information content (AvgIpc) is 2.65. The summed E-state index contributed by atoms with van der Waals surface area (Å²) in [5.41, 5.74) is 2.11. The van der Waals surface area contributed by atoms with Gasteiger partial charge in [-0.3, -0.25) is 9.59 Å². The first-order valence-corrected chi connectivity index (χ1v) is 9.04. The number of nitrogens with zero attached hydrogens (tertiary/aromatic N) is 3. The summed E-state index contributed by atoms with van der Waals surface area (Å²) < 4.78 is 5.51. The lowest BCUT2D eigenvalue weighted by Crippen LogP contribution is -2.30. The summed E-state index contributed by atoms with van der Waals surface area (Å²) in [7, 11) is 3.44. The Morgan fingerprint density at radius 3 is 2.11 bits per heavy atom. The van der Waals surface area contributed by atoms with Crippen LogP contribution in [0, 0.1) is 0 Å². The number of amides is 2. The van der Waals surface area contributed by atoms with Gasteiger partial charge in [-0.05, 0) is 44.5 Å². The Labute approximate surface area is 160 Å². The summed E-state index contributed by atoms with van der Waals surface area (Å²) in [4.78, 5) is 32.2. The minimum Gasteiger partial charge on any atom is -0.475 e. The molecular weight excluding hydrogens is 342 g/mol. The molecule has 0 saturated heterocycles. The molecule has 0 aliphatic carbocycles. The van der Waals surface area contributed by atoms with Crippen LogP contribution in [0.5, 0.6) is 5.88 Å². The number of rotatable bonds is 7. The van der Waals surface area contributed by atoms with Gasteiger partial charge in [0.15, 0.2) is 0 Å². The summed E-state index contributed by atoms with van der Waals surface area (Å²) in [6.45, 7) is 6.83. The van der Waals surface area contributed by atoms with Gasteiger partial charge in [0.05, 0.1) is 11.7 Å². The highest BCUT2D eigenvalue weighted by atomic mass is 16.5. The van der Waals surface area contributed by atoms with E-state index >= 15 is 0 Å². The lowest BCUT2D eigenvalue weighted by molar-refractivity contribution is 0.0751. The number of benzene rings is 1. The van der Waals surface area contributed by atoms with Crippen LogP contribution < -0.4 is 4.74 Å². The molecule has 1 heterocycles. The number of carbonyl (C=O) groups is 2. The molecule has 0 aliphatic rings. The second-order valence-corrected chi connectivity index (χ2v) is 6.77. The Morgan fingerprint density at radius 1 is 1.00 bits per heavy atom. The molecule has 144 valence electrons. The summed E-state index contributed by atoms with van der Waals surface area (Å²) in [5.74, 6) is 0.375. The van der Waals surface area contributed by atoms with Crippen LogP contribution in [-0.2, 0) is 6.54 Å². The first-order chi connectivity index (χ1) is 12.8. The molecule has 0 saturated carbocycles. The van der Waals surface area contributed by atoms with Gasteiger partial charge in [-0.15, -0.1) is 0 Å².